The lowest BCUT2D eigenvalue weighted by atomic mass is 9.89. The van der Waals surface area contributed by atoms with Gasteiger partial charge in [0.25, 0.3) is 5.70 Å². The number of nitrogens with one attached hydrogen (secondary N) is 1. The Kier molecular flexibility index (Phi) is 20.0. The highest BCUT2D eigenvalue weighted by molar-refractivity contribution is 5.68. The van der Waals surface area contributed by atoms with Gasteiger partial charge in [-0.2, -0.15) is 0 Å². The third-order valence-corrected chi connectivity index (χ3v) is 6.75. The molecule has 0 aromatic carbocycles. The largest absolute Gasteiger partial charge is 0.444 e. The van der Waals surface area contributed by atoms with Crippen molar-refractivity contribution < 1.29 is 14.5 Å². The van der Waals surface area contributed by atoms with Crippen molar-refractivity contribution in [3.8, 4) is 0 Å². The molecule has 1 heterocycles. The number of hydrogen-bond donors (Lipinski definition) is 1. The minimum absolute atomic E-state index is 0.151. The van der Waals surface area contributed by atoms with Gasteiger partial charge in [0, 0.05) is 25.2 Å². The molecule has 1 saturated heterocycles. The third-order valence-electron chi connectivity index (χ3n) is 6.75. The molecule has 7 nitrogen and oxygen atoms in total. The van der Waals surface area contributed by atoms with Gasteiger partial charge in [0.1, 0.15) is 11.3 Å². The highest BCUT2D eigenvalue weighted by Crippen LogP contribution is 2.30. The summed E-state index contributed by atoms with van der Waals surface area (Å²) >= 11 is 0. The molecule has 42 heavy (non-hydrogen) atoms. The predicted molar refractivity (Wildman–Crippen MR) is 178 cm³/mol. The van der Waals surface area contributed by atoms with Gasteiger partial charge in [0.05, 0.1) is 4.92 Å². The van der Waals surface area contributed by atoms with E-state index >= 15 is 0 Å². The highest BCUT2D eigenvalue weighted by atomic mass is 16.6. The van der Waals surface area contributed by atoms with Crippen LogP contribution in [0.2, 0.25) is 0 Å². The summed E-state index contributed by atoms with van der Waals surface area (Å²) < 4.78 is 5.55. The van der Waals surface area contributed by atoms with Crippen molar-refractivity contribution >= 4 is 6.09 Å². The maximum absolute atomic E-state index is 12.5. The van der Waals surface area contributed by atoms with E-state index in [1.165, 1.54) is 11.1 Å². The minimum Gasteiger partial charge on any atom is -0.444 e. The number of nitrogens with zero attached hydrogens (tertiary/aromatic N) is 2. The zero-order chi connectivity index (χ0) is 32.1. The van der Waals surface area contributed by atoms with Crippen LogP contribution in [-0.2, 0) is 4.74 Å². The smallest absolute Gasteiger partial charge is 0.410 e. The van der Waals surface area contributed by atoms with Crippen LogP contribution in [0.1, 0.15) is 120 Å². The van der Waals surface area contributed by atoms with E-state index in [0.29, 0.717) is 37.5 Å². The predicted octanol–water partition coefficient (Wildman–Crippen LogP) is 10.0. The summed E-state index contributed by atoms with van der Waals surface area (Å²) in [5.74, 6) is 0.479. The number of rotatable bonds is 12. The number of piperidine rings is 1. The summed E-state index contributed by atoms with van der Waals surface area (Å²) in [4.78, 5) is 25.9. The van der Waals surface area contributed by atoms with Gasteiger partial charge in [-0.1, -0.05) is 71.3 Å². The van der Waals surface area contributed by atoms with Crippen LogP contribution in [0.5, 0.6) is 0 Å². The summed E-state index contributed by atoms with van der Waals surface area (Å²) in [6.07, 6.45) is 19.2. The van der Waals surface area contributed by atoms with Crippen molar-refractivity contribution in [3.63, 3.8) is 0 Å². The standard InChI is InChI=1S/C31H49N3O4.C2H6.C2H4/c1-7-10-13-24-15-16-26(21-25-17-19-33(20-18-25)30(35)38-31(4,5)6)23-27(22-24)32-28(12-9-3)29(34(36)37)14-11-8-2;2*1-2/h12,14-16,23,25,32H,7-11,13,17-22H2,1-6H3;1-2H3;1-2H2/b28-12+,29-14+;;. The van der Waals surface area contributed by atoms with Gasteiger partial charge in [-0.15, -0.1) is 13.2 Å². The molecule has 1 aliphatic heterocycles. The molecule has 0 atom stereocenters. The monoisotopic (exact) mass is 585 g/mol. The van der Waals surface area contributed by atoms with Crippen LogP contribution >= 0.6 is 0 Å². The van der Waals surface area contributed by atoms with E-state index in [4.69, 9.17) is 4.74 Å². The molecule has 1 fully saturated rings. The van der Waals surface area contributed by atoms with Crippen molar-refractivity contribution in [1.82, 2.24) is 10.2 Å². The van der Waals surface area contributed by atoms with Crippen molar-refractivity contribution in [1.29, 1.82) is 0 Å². The summed E-state index contributed by atoms with van der Waals surface area (Å²) in [7, 11) is 0. The second-order valence-corrected chi connectivity index (χ2v) is 11.4. The van der Waals surface area contributed by atoms with E-state index in [2.05, 4.69) is 43.6 Å². The average molecular weight is 586 g/mol. The lowest BCUT2D eigenvalue weighted by Gasteiger charge is -2.33. The first-order valence-electron chi connectivity index (χ1n) is 15.9. The Balaban J connectivity index is 0.00000402. The zero-order valence-corrected chi connectivity index (χ0v) is 27.9. The van der Waals surface area contributed by atoms with Gasteiger partial charge in [0.15, 0.2) is 0 Å². The van der Waals surface area contributed by atoms with Crippen LogP contribution in [0.15, 0.2) is 71.8 Å². The number of carbonyl (C=O) groups excluding carboxylic acids is 1. The normalized spacial score (nSPS) is 16.4. The number of carbonyl (C=O) groups is 1. The first kappa shape index (κ1) is 38.9. The molecule has 1 N–H and O–H groups in total. The fourth-order valence-electron chi connectivity index (χ4n) is 4.77. The SMILES string of the molecule is C=C.CC.CC/C=C(NC1=CC(CC2CCN(C(=O)OC(C)(C)C)CC2)=CC=C(CCCC)C1)\C(=C/CCC)[N+](=O)[O-]. The maximum atomic E-state index is 12.5. The lowest BCUT2D eigenvalue weighted by molar-refractivity contribution is -0.421. The van der Waals surface area contributed by atoms with Gasteiger partial charge in [-0.3, -0.25) is 10.1 Å². The number of nitro groups is 1. The molecule has 0 aromatic heterocycles. The maximum Gasteiger partial charge on any atom is 0.410 e. The Morgan fingerprint density at radius 3 is 2.29 bits per heavy atom. The number of ether oxygens (including phenoxy) is 1. The van der Waals surface area contributed by atoms with Crippen LogP contribution in [-0.4, -0.2) is 34.6 Å². The van der Waals surface area contributed by atoms with E-state index in [1.807, 2.05) is 59.4 Å². The molecule has 0 saturated carbocycles. The quantitative estimate of drug-likeness (QED) is 0.107. The Hall–Kier alpha value is -3.09. The second kappa shape index (κ2) is 21.6. The number of allylic oxidation sites excluding steroid dienone is 7. The molecule has 0 radical (unpaired) electrons. The zero-order valence-electron chi connectivity index (χ0n) is 27.9. The van der Waals surface area contributed by atoms with Crippen LogP contribution < -0.4 is 5.32 Å². The van der Waals surface area contributed by atoms with Crippen LogP contribution in [0.3, 0.4) is 0 Å². The fraction of sp³-hybridized carbons (Fsp3) is 0.629. The van der Waals surface area contributed by atoms with Crippen LogP contribution in [0.25, 0.3) is 0 Å². The van der Waals surface area contributed by atoms with E-state index < -0.39 is 5.60 Å². The molecular formula is C35H59N3O4. The molecule has 0 aromatic rings. The molecule has 7 heteroatoms. The van der Waals surface area contributed by atoms with E-state index in [1.54, 1.807) is 6.08 Å². The topological polar surface area (TPSA) is 84.7 Å². The first-order chi connectivity index (χ1) is 20.1. The molecule has 238 valence electrons. The number of amides is 1. The van der Waals surface area contributed by atoms with Gasteiger partial charge in [0.2, 0.25) is 0 Å². The molecule has 0 spiro atoms. The number of unbranched alkanes of at least 4 members (excludes halogenated alkanes) is 2. The molecule has 0 unspecified atom stereocenters. The van der Waals surface area contributed by atoms with Gasteiger partial charge >= 0.3 is 6.09 Å². The van der Waals surface area contributed by atoms with E-state index in [-0.39, 0.29) is 16.7 Å². The second-order valence-electron chi connectivity index (χ2n) is 11.4. The Morgan fingerprint density at radius 1 is 1.12 bits per heavy atom. The van der Waals surface area contributed by atoms with Crippen molar-refractivity contribution in [2.75, 3.05) is 13.1 Å². The van der Waals surface area contributed by atoms with Gasteiger partial charge in [-0.05, 0) is 89.4 Å². The van der Waals surface area contributed by atoms with E-state index in [0.717, 1.165) is 57.1 Å². The third kappa shape index (κ3) is 15.2. The molecule has 2 aliphatic rings. The van der Waals surface area contributed by atoms with Gasteiger partial charge < -0.3 is 15.0 Å². The summed E-state index contributed by atoms with van der Waals surface area (Å²) in [5.41, 5.74) is 3.83. The highest BCUT2D eigenvalue weighted by Gasteiger charge is 2.27. The average Bonchev–Trinajstić information content (AvgIpc) is 3.15. The molecule has 2 rings (SSSR count). The molecule has 1 aliphatic carbocycles. The summed E-state index contributed by atoms with van der Waals surface area (Å²) in [5, 5.41) is 15.4. The molecule has 0 bridgehead atoms. The molecule has 1 amide bonds. The first-order valence-corrected chi connectivity index (χ1v) is 15.9. The number of likely N-dealkylation sites (tertiary alicyclic amines) is 1. The van der Waals surface area contributed by atoms with Gasteiger partial charge in [-0.25, -0.2) is 4.79 Å². The summed E-state index contributed by atoms with van der Waals surface area (Å²) in [6, 6.07) is 0. The van der Waals surface area contributed by atoms with Crippen molar-refractivity contribution in [3.05, 3.63) is 81.9 Å². The Bertz CT molecular complexity index is 975. The number of hydrogen-bond acceptors (Lipinski definition) is 5. The van der Waals surface area contributed by atoms with Crippen molar-refractivity contribution in [2.24, 2.45) is 5.92 Å². The lowest BCUT2D eigenvalue weighted by Crippen LogP contribution is -2.41. The van der Waals surface area contributed by atoms with E-state index in [9.17, 15) is 14.9 Å². The Morgan fingerprint density at radius 2 is 1.76 bits per heavy atom. The fourth-order valence-corrected chi connectivity index (χ4v) is 4.77. The van der Waals surface area contributed by atoms with Crippen LogP contribution in [0.4, 0.5) is 4.79 Å². The Labute approximate surface area is 256 Å². The molecular weight excluding hydrogens is 526 g/mol. The summed E-state index contributed by atoms with van der Waals surface area (Å²) in [6.45, 7) is 23.3. The minimum atomic E-state index is -0.485. The van der Waals surface area contributed by atoms with Crippen molar-refractivity contribution in [2.45, 2.75) is 125 Å². The van der Waals surface area contributed by atoms with Crippen LogP contribution in [0, 0.1) is 16.0 Å².